The molecule has 1 fully saturated rings. The summed E-state index contributed by atoms with van der Waals surface area (Å²) in [6.45, 7) is 4.60. The van der Waals surface area contributed by atoms with Crippen molar-refractivity contribution in [1.82, 2.24) is 9.88 Å². The van der Waals surface area contributed by atoms with Gasteiger partial charge in [0, 0.05) is 32.3 Å². The van der Waals surface area contributed by atoms with Crippen molar-refractivity contribution in [1.29, 1.82) is 0 Å². The lowest BCUT2D eigenvalue weighted by Gasteiger charge is -2.44. The molecule has 122 valence electrons. The Hall–Kier alpha value is -2.38. The van der Waals surface area contributed by atoms with Crippen LogP contribution in [0.4, 0.5) is 19.0 Å². The first-order chi connectivity index (χ1) is 10.8. The number of hydrogen-bond donors (Lipinski definition) is 0. The second-order valence-electron chi connectivity index (χ2n) is 5.56. The van der Waals surface area contributed by atoms with E-state index in [2.05, 4.69) is 11.6 Å². The number of pyridine rings is 1. The number of rotatable bonds is 1. The van der Waals surface area contributed by atoms with Crippen LogP contribution >= 0.6 is 0 Å². The number of amides is 1. The number of nitrogens with zero attached hydrogens (tertiary/aromatic N) is 3. The quantitative estimate of drug-likeness (QED) is 0.740. The summed E-state index contributed by atoms with van der Waals surface area (Å²) in [7, 11) is 0. The van der Waals surface area contributed by atoms with Gasteiger partial charge in [0.05, 0.1) is 17.2 Å². The summed E-state index contributed by atoms with van der Waals surface area (Å²) < 4.78 is 38.3. The van der Waals surface area contributed by atoms with Crippen molar-refractivity contribution in [3.05, 3.63) is 36.0 Å². The molecule has 8 heteroatoms. The molecule has 23 heavy (non-hydrogen) atoms. The van der Waals surface area contributed by atoms with Crippen molar-refractivity contribution < 1.29 is 22.8 Å². The second-order valence-corrected chi connectivity index (χ2v) is 5.56. The van der Waals surface area contributed by atoms with Gasteiger partial charge in [0.1, 0.15) is 5.82 Å². The molecule has 0 bridgehead atoms. The highest BCUT2D eigenvalue weighted by Crippen LogP contribution is 2.35. The molecule has 0 aliphatic carbocycles. The predicted octanol–water partition coefficient (Wildman–Crippen LogP) is 1.89. The van der Waals surface area contributed by atoms with E-state index in [4.69, 9.17) is 0 Å². The standard InChI is InChI=1S/C15H14F3N3O2/c1-2-13(23)20-3-4-21-10(8-20)6-12(22)11-5-9(15(16,17)18)7-19-14(11)21/h2,5,7,10H,1,3-4,6,8H2. The van der Waals surface area contributed by atoms with E-state index in [1.54, 1.807) is 4.90 Å². The van der Waals surface area contributed by atoms with Gasteiger partial charge >= 0.3 is 6.18 Å². The van der Waals surface area contributed by atoms with E-state index in [0.29, 0.717) is 19.6 Å². The van der Waals surface area contributed by atoms with Crippen molar-refractivity contribution in [2.75, 3.05) is 24.5 Å². The topological polar surface area (TPSA) is 53.5 Å². The number of halogens is 3. The largest absolute Gasteiger partial charge is 0.417 e. The average molecular weight is 325 g/mol. The Balaban J connectivity index is 1.92. The van der Waals surface area contributed by atoms with Gasteiger partial charge in [-0.3, -0.25) is 9.59 Å². The normalized spacial score (nSPS) is 20.8. The van der Waals surface area contributed by atoms with Crippen molar-refractivity contribution in [3.8, 4) is 0 Å². The van der Waals surface area contributed by atoms with Crippen molar-refractivity contribution in [3.63, 3.8) is 0 Å². The zero-order chi connectivity index (χ0) is 16.8. The molecule has 1 atom stereocenters. The maximum Gasteiger partial charge on any atom is 0.417 e. The second kappa shape index (κ2) is 5.36. The molecule has 2 aliphatic heterocycles. The summed E-state index contributed by atoms with van der Waals surface area (Å²) in [4.78, 5) is 31.2. The van der Waals surface area contributed by atoms with Crippen LogP contribution in [-0.4, -0.2) is 47.3 Å². The molecule has 0 N–H and O–H groups in total. The van der Waals surface area contributed by atoms with Crippen LogP contribution in [0.15, 0.2) is 24.9 Å². The van der Waals surface area contributed by atoms with Gasteiger partial charge in [0.25, 0.3) is 0 Å². The summed E-state index contributed by atoms with van der Waals surface area (Å²) in [6.07, 6.45) is -2.51. The SMILES string of the molecule is C=CC(=O)N1CCN2c3ncc(C(F)(F)F)cc3C(=O)CC2C1. The molecule has 2 aliphatic rings. The molecule has 0 spiro atoms. The highest BCUT2D eigenvalue weighted by atomic mass is 19.4. The zero-order valence-corrected chi connectivity index (χ0v) is 12.1. The molecule has 0 saturated carbocycles. The monoisotopic (exact) mass is 325 g/mol. The minimum absolute atomic E-state index is 0.000396. The molecule has 1 unspecified atom stereocenters. The molecule has 1 aromatic heterocycles. The first-order valence-corrected chi connectivity index (χ1v) is 7.09. The van der Waals surface area contributed by atoms with E-state index in [9.17, 15) is 22.8 Å². The molecular formula is C15H14F3N3O2. The molecule has 1 saturated heterocycles. The Labute approximate surface area is 130 Å². The molecule has 1 aromatic rings. The van der Waals surface area contributed by atoms with E-state index in [1.165, 1.54) is 6.08 Å². The lowest BCUT2D eigenvalue weighted by molar-refractivity contribution is -0.137. The van der Waals surface area contributed by atoms with Gasteiger partial charge in [-0.05, 0) is 12.1 Å². The van der Waals surface area contributed by atoms with Crippen LogP contribution in [0.25, 0.3) is 0 Å². The molecule has 1 amide bonds. The van der Waals surface area contributed by atoms with Gasteiger partial charge in [0.2, 0.25) is 5.91 Å². The van der Waals surface area contributed by atoms with E-state index in [-0.39, 0.29) is 35.5 Å². The number of piperazine rings is 1. The number of anilines is 1. The Bertz CT molecular complexity index is 687. The number of carbonyl (C=O) groups is 2. The molecule has 0 aromatic carbocycles. The fourth-order valence-corrected chi connectivity index (χ4v) is 3.01. The van der Waals surface area contributed by atoms with Crippen molar-refractivity contribution in [2.24, 2.45) is 0 Å². The summed E-state index contributed by atoms with van der Waals surface area (Å²) >= 11 is 0. The number of aromatic nitrogens is 1. The van der Waals surface area contributed by atoms with Gasteiger partial charge in [-0.1, -0.05) is 6.58 Å². The average Bonchev–Trinajstić information content (AvgIpc) is 2.52. The lowest BCUT2D eigenvalue weighted by atomic mass is 9.94. The Morgan fingerprint density at radius 3 is 2.78 bits per heavy atom. The molecule has 0 radical (unpaired) electrons. The third kappa shape index (κ3) is 2.69. The van der Waals surface area contributed by atoms with E-state index >= 15 is 0 Å². The number of fused-ring (bicyclic) bond motifs is 3. The number of alkyl halides is 3. The molecular weight excluding hydrogens is 311 g/mol. The molecule has 5 nitrogen and oxygen atoms in total. The van der Waals surface area contributed by atoms with Gasteiger partial charge in [0.15, 0.2) is 5.78 Å². The van der Waals surface area contributed by atoms with Gasteiger partial charge < -0.3 is 9.80 Å². The Morgan fingerprint density at radius 2 is 2.13 bits per heavy atom. The minimum Gasteiger partial charge on any atom is -0.349 e. The van der Waals surface area contributed by atoms with Gasteiger partial charge in [-0.2, -0.15) is 13.2 Å². The number of ketones is 1. The Morgan fingerprint density at radius 1 is 1.39 bits per heavy atom. The predicted molar refractivity (Wildman–Crippen MR) is 76.1 cm³/mol. The smallest absolute Gasteiger partial charge is 0.349 e. The first-order valence-electron chi connectivity index (χ1n) is 7.09. The zero-order valence-electron chi connectivity index (χ0n) is 12.1. The van der Waals surface area contributed by atoms with Crippen LogP contribution in [0.5, 0.6) is 0 Å². The lowest BCUT2D eigenvalue weighted by Crippen LogP contribution is -2.57. The van der Waals surface area contributed by atoms with Crippen molar-refractivity contribution in [2.45, 2.75) is 18.6 Å². The van der Waals surface area contributed by atoms with Gasteiger partial charge in [-0.15, -0.1) is 0 Å². The molecule has 3 heterocycles. The summed E-state index contributed by atoms with van der Waals surface area (Å²) in [5, 5.41) is 0. The van der Waals surface area contributed by atoms with Crippen LogP contribution in [-0.2, 0) is 11.0 Å². The van der Waals surface area contributed by atoms with Crippen LogP contribution in [0, 0.1) is 0 Å². The van der Waals surface area contributed by atoms with Gasteiger partial charge in [-0.25, -0.2) is 4.98 Å². The highest BCUT2D eigenvalue weighted by Gasteiger charge is 2.39. The highest BCUT2D eigenvalue weighted by molar-refractivity contribution is 6.03. The minimum atomic E-state index is -4.53. The number of hydrogen-bond acceptors (Lipinski definition) is 4. The molecule has 3 rings (SSSR count). The van der Waals surface area contributed by atoms with Crippen LogP contribution in [0.1, 0.15) is 22.3 Å². The third-order valence-electron chi connectivity index (χ3n) is 4.16. The van der Waals surface area contributed by atoms with Crippen LogP contribution in [0.2, 0.25) is 0 Å². The maximum absolute atomic E-state index is 12.8. The Kier molecular flexibility index (Phi) is 3.62. The summed E-state index contributed by atoms with van der Waals surface area (Å²) in [6, 6.07) is 0.596. The summed E-state index contributed by atoms with van der Waals surface area (Å²) in [5.41, 5.74) is -0.928. The van der Waals surface area contributed by atoms with E-state index in [1.807, 2.05) is 4.90 Å². The summed E-state index contributed by atoms with van der Waals surface area (Å²) in [5.74, 6) is -0.332. The number of Topliss-reactive ketones (excluding diaryl/α,β-unsaturated/α-hetero) is 1. The maximum atomic E-state index is 12.8. The van der Waals surface area contributed by atoms with E-state index in [0.717, 1.165) is 12.3 Å². The van der Waals surface area contributed by atoms with Crippen LogP contribution in [0.3, 0.4) is 0 Å². The van der Waals surface area contributed by atoms with Crippen molar-refractivity contribution >= 4 is 17.5 Å². The van der Waals surface area contributed by atoms with E-state index < -0.39 is 11.7 Å². The first kappa shape index (κ1) is 15.5. The fourth-order valence-electron chi connectivity index (χ4n) is 3.01. The number of carbonyl (C=O) groups excluding carboxylic acids is 2. The van der Waals surface area contributed by atoms with Crippen LogP contribution < -0.4 is 4.90 Å². The fraction of sp³-hybridized carbons (Fsp3) is 0.400. The third-order valence-corrected chi connectivity index (χ3v) is 4.16.